The third kappa shape index (κ3) is 4.76. The van der Waals surface area contributed by atoms with Crippen LogP contribution in [-0.2, 0) is 34.3 Å². The van der Waals surface area contributed by atoms with Gasteiger partial charge in [-0.15, -0.1) is 0 Å². The van der Waals surface area contributed by atoms with Crippen LogP contribution >= 0.6 is 0 Å². The molecular formula is C27H24N2O5S. The molecule has 2 heterocycles. The molecule has 5 rings (SSSR count). The van der Waals surface area contributed by atoms with E-state index in [1.54, 1.807) is 6.92 Å². The monoisotopic (exact) mass is 488 g/mol. The average Bonchev–Trinajstić information content (AvgIpc) is 3.28. The van der Waals surface area contributed by atoms with Crippen LogP contribution in [0.15, 0.2) is 88.2 Å². The Morgan fingerprint density at radius 1 is 0.971 bits per heavy atom. The molecule has 3 aromatic carbocycles. The van der Waals surface area contributed by atoms with Crippen molar-refractivity contribution in [2.24, 2.45) is 0 Å². The van der Waals surface area contributed by atoms with Gasteiger partial charge in [-0.25, -0.2) is 18.2 Å². The second kappa shape index (κ2) is 9.48. The number of sulfonamides is 1. The van der Waals surface area contributed by atoms with E-state index in [0.717, 1.165) is 11.1 Å². The highest BCUT2D eigenvalue weighted by Crippen LogP contribution is 2.26. The summed E-state index contributed by atoms with van der Waals surface area (Å²) in [5.41, 5.74) is 3.82. The molecule has 1 aliphatic rings. The number of hydrogen-bond acceptors (Lipinski definition) is 6. The van der Waals surface area contributed by atoms with E-state index in [1.807, 2.05) is 54.6 Å². The lowest BCUT2D eigenvalue weighted by molar-refractivity contribution is 0.0467. The molecule has 1 aromatic heterocycles. The van der Waals surface area contributed by atoms with E-state index >= 15 is 0 Å². The number of carbonyl (C=O) groups excluding carboxylic acids is 1. The first-order valence-electron chi connectivity index (χ1n) is 11.3. The number of fused-ring (bicyclic) bond motifs is 1. The maximum atomic E-state index is 13.1. The maximum absolute atomic E-state index is 13.1. The Morgan fingerprint density at radius 2 is 1.66 bits per heavy atom. The molecule has 0 N–H and O–H groups in total. The minimum absolute atomic E-state index is 0.0474. The fraction of sp³-hybridized carbons (Fsp3) is 0.185. The van der Waals surface area contributed by atoms with E-state index in [1.165, 1.54) is 34.1 Å². The molecule has 0 saturated carbocycles. The second-order valence-electron chi connectivity index (χ2n) is 8.35. The third-order valence-corrected chi connectivity index (χ3v) is 7.94. The molecule has 0 bridgehead atoms. The van der Waals surface area contributed by atoms with E-state index in [9.17, 15) is 13.2 Å². The predicted molar refractivity (Wildman–Crippen MR) is 130 cm³/mol. The lowest BCUT2D eigenvalue weighted by Gasteiger charge is -2.28. The van der Waals surface area contributed by atoms with Crippen LogP contribution < -0.4 is 0 Å². The molecule has 1 aliphatic heterocycles. The van der Waals surface area contributed by atoms with Gasteiger partial charge in [-0.1, -0.05) is 42.5 Å². The van der Waals surface area contributed by atoms with Crippen molar-refractivity contribution in [3.05, 3.63) is 107 Å². The summed E-state index contributed by atoms with van der Waals surface area (Å²) < 4.78 is 38.8. The Balaban J connectivity index is 1.24. The van der Waals surface area contributed by atoms with Crippen molar-refractivity contribution in [3.8, 4) is 11.5 Å². The molecule has 0 atom stereocenters. The van der Waals surface area contributed by atoms with Gasteiger partial charge in [-0.3, -0.25) is 0 Å². The topological polar surface area (TPSA) is 89.7 Å². The van der Waals surface area contributed by atoms with Gasteiger partial charge in [-0.05, 0) is 60.9 Å². The summed E-state index contributed by atoms with van der Waals surface area (Å²) in [4.78, 5) is 17.1. The summed E-state index contributed by atoms with van der Waals surface area (Å²) in [5.74, 6) is 0.467. The highest BCUT2D eigenvalue weighted by atomic mass is 32.2. The molecule has 0 unspecified atom stereocenters. The smallest absolute Gasteiger partial charge is 0.338 e. The molecule has 0 spiro atoms. The number of benzene rings is 3. The van der Waals surface area contributed by atoms with Gasteiger partial charge < -0.3 is 9.15 Å². The molecule has 7 nitrogen and oxygen atoms in total. The van der Waals surface area contributed by atoms with Gasteiger partial charge in [0, 0.05) is 18.7 Å². The zero-order valence-electron chi connectivity index (χ0n) is 19.2. The minimum atomic E-state index is -3.67. The van der Waals surface area contributed by atoms with Crippen LogP contribution in [0.25, 0.3) is 11.5 Å². The summed E-state index contributed by atoms with van der Waals surface area (Å²) in [6.07, 6.45) is 0.674. The highest BCUT2D eigenvalue weighted by Gasteiger charge is 2.28. The molecule has 178 valence electrons. The van der Waals surface area contributed by atoms with Crippen molar-refractivity contribution in [1.82, 2.24) is 9.29 Å². The number of rotatable bonds is 6. The molecule has 35 heavy (non-hydrogen) atoms. The van der Waals surface area contributed by atoms with E-state index in [0.29, 0.717) is 36.9 Å². The summed E-state index contributed by atoms with van der Waals surface area (Å²) in [6, 6.07) is 23.2. The van der Waals surface area contributed by atoms with Crippen LogP contribution in [0.3, 0.4) is 0 Å². The van der Waals surface area contributed by atoms with Crippen molar-refractivity contribution in [2.75, 3.05) is 6.54 Å². The third-order valence-electron chi connectivity index (χ3n) is 6.08. The van der Waals surface area contributed by atoms with Gasteiger partial charge in [0.25, 0.3) is 0 Å². The van der Waals surface area contributed by atoms with Crippen molar-refractivity contribution in [1.29, 1.82) is 0 Å². The van der Waals surface area contributed by atoms with Gasteiger partial charge in [-0.2, -0.15) is 4.31 Å². The van der Waals surface area contributed by atoms with E-state index in [4.69, 9.17) is 9.15 Å². The Hall–Kier alpha value is -3.75. The summed E-state index contributed by atoms with van der Waals surface area (Å²) in [6.45, 7) is 2.48. The Labute approximate surface area is 204 Å². The molecule has 0 aliphatic carbocycles. The Morgan fingerprint density at radius 3 is 2.40 bits per heavy atom. The van der Waals surface area contributed by atoms with Gasteiger partial charge in [0.1, 0.15) is 18.1 Å². The van der Waals surface area contributed by atoms with Crippen molar-refractivity contribution in [3.63, 3.8) is 0 Å². The number of nitrogens with zero attached hydrogens (tertiary/aromatic N) is 2. The highest BCUT2D eigenvalue weighted by molar-refractivity contribution is 7.89. The van der Waals surface area contributed by atoms with Crippen molar-refractivity contribution in [2.45, 2.75) is 31.4 Å². The van der Waals surface area contributed by atoms with Crippen molar-refractivity contribution < 1.29 is 22.4 Å². The number of aromatic nitrogens is 1. The quantitative estimate of drug-likeness (QED) is 0.364. The molecule has 0 fully saturated rings. The predicted octanol–water partition coefficient (Wildman–Crippen LogP) is 4.75. The normalized spacial score (nSPS) is 13.9. The summed E-state index contributed by atoms with van der Waals surface area (Å²) in [7, 11) is -3.67. The average molecular weight is 489 g/mol. The molecule has 0 radical (unpaired) electrons. The van der Waals surface area contributed by atoms with Crippen LogP contribution in [0.2, 0.25) is 0 Å². The van der Waals surface area contributed by atoms with E-state index < -0.39 is 16.0 Å². The largest absolute Gasteiger partial charge is 0.455 e. The molecule has 0 amide bonds. The van der Waals surface area contributed by atoms with Gasteiger partial charge in [0.05, 0.1) is 10.5 Å². The zero-order chi connectivity index (χ0) is 24.4. The first-order chi connectivity index (χ1) is 16.9. The fourth-order valence-corrected chi connectivity index (χ4v) is 5.49. The van der Waals surface area contributed by atoms with Crippen LogP contribution in [0.4, 0.5) is 0 Å². The summed E-state index contributed by atoms with van der Waals surface area (Å²) >= 11 is 0. The second-order valence-corrected chi connectivity index (χ2v) is 10.3. The first kappa shape index (κ1) is 23.0. The number of hydrogen-bond donors (Lipinski definition) is 0. The zero-order valence-corrected chi connectivity index (χ0v) is 20.0. The van der Waals surface area contributed by atoms with Crippen LogP contribution in [-0.4, -0.2) is 30.2 Å². The van der Waals surface area contributed by atoms with Crippen LogP contribution in [0.5, 0.6) is 0 Å². The number of oxazole rings is 1. The number of ether oxygens (including phenoxy) is 1. The molecule has 4 aromatic rings. The SMILES string of the molecule is Cc1oc(-c2ccccc2)nc1COC(=O)c1ccc(S(=O)(=O)N2CCc3ccccc3C2)cc1. The van der Waals surface area contributed by atoms with Crippen LogP contribution in [0.1, 0.15) is 32.9 Å². The van der Waals surface area contributed by atoms with Gasteiger partial charge in [0.2, 0.25) is 15.9 Å². The van der Waals surface area contributed by atoms with Crippen LogP contribution in [0, 0.1) is 6.92 Å². The lowest BCUT2D eigenvalue weighted by atomic mass is 10.0. The van der Waals surface area contributed by atoms with Gasteiger partial charge in [0.15, 0.2) is 0 Å². The Kier molecular flexibility index (Phi) is 6.23. The minimum Gasteiger partial charge on any atom is -0.455 e. The van der Waals surface area contributed by atoms with Crippen molar-refractivity contribution >= 4 is 16.0 Å². The lowest BCUT2D eigenvalue weighted by Crippen LogP contribution is -2.35. The van der Waals surface area contributed by atoms with E-state index in [2.05, 4.69) is 4.98 Å². The first-order valence-corrected chi connectivity index (χ1v) is 12.7. The molecule has 8 heteroatoms. The maximum Gasteiger partial charge on any atom is 0.338 e. The fourth-order valence-electron chi connectivity index (χ4n) is 4.07. The number of carbonyl (C=O) groups is 1. The Bertz CT molecular complexity index is 1460. The molecule has 0 saturated heterocycles. The molecular weight excluding hydrogens is 464 g/mol. The van der Waals surface area contributed by atoms with E-state index in [-0.39, 0.29) is 17.1 Å². The summed E-state index contributed by atoms with van der Waals surface area (Å²) in [5, 5.41) is 0. The number of esters is 1. The van der Waals surface area contributed by atoms with Gasteiger partial charge >= 0.3 is 5.97 Å². The standard InChI is InChI=1S/C27H24N2O5S/c1-19-25(28-26(34-19)21-8-3-2-4-9-21)18-33-27(30)22-11-13-24(14-12-22)35(31,32)29-16-15-20-7-5-6-10-23(20)17-29/h2-14H,15-18H2,1H3. The number of aryl methyl sites for hydroxylation is 1.